The van der Waals surface area contributed by atoms with Gasteiger partial charge in [-0.15, -0.1) is 0 Å². The van der Waals surface area contributed by atoms with Crippen LogP contribution in [-0.2, 0) is 14.8 Å². The van der Waals surface area contributed by atoms with E-state index in [9.17, 15) is 13.2 Å². The molecule has 3 N–H and O–H groups in total. The molecule has 2 rings (SSSR count). The number of hydrogen-bond acceptors (Lipinski definition) is 4. The lowest BCUT2D eigenvalue weighted by atomic mass is 9.82. The summed E-state index contributed by atoms with van der Waals surface area (Å²) in [6.07, 6.45) is 4.31. The van der Waals surface area contributed by atoms with Crippen LogP contribution < -0.4 is 11.1 Å². The molecule has 25 heavy (non-hydrogen) atoms. The van der Waals surface area contributed by atoms with Gasteiger partial charge >= 0.3 is 0 Å². The number of benzene rings is 1. The van der Waals surface area contributed by atoms with Crippen LogP contribution in [0.4, 0.5) is 5.69 Å². The molecule has 140 valence electrons. The molecule has 7 heteroatoms. The Morgan fingerprint density at radius 3 is 2.36 bits per heavy atom. The minimum Gasteiger partial charge on any atom is -0.324 e. The van der Waals surface area contributed by atoms with E-state index < -0.39 is 15.6 Å². The number of nitrogens with two attached hydrogens (primary N) is 1. The highest BCUT2D eigenvalue weighted by Gasteiger charge is 2.35. The summed E-state index contributed by atoms with van der Waals surface area (Å²) in [6, 6.07) is 4.98. The third-order valence-electron chi connectivity index (χ3n) is 4.97. The summed E-state index contributed by atoms with van der Waals surface area (Å²) in [6.45, 7) is 6.18. The van der Waals surface area contributed by atoms with E-state index in [0.717, 1.165) is 19.3 Å². The second-order valence-electron chi connectivity index (χ2n) is 6.74. The van der Waals surface area contributed by atoms with Crippen LogP contribution >= 0.6 is 0 Å². The molecular weight excluding hydrogens is 338 g/mol. The van der Waals surface area contributed by atoms with Gasteiger partial charge in [-0.3, -0.25) is 4.79 Å². The number of anilines is 1. The molecule has 1 amide bonds. The van der Waals surface area contributed by atoms with Gasteiger partial charge in [0.1, 0.15) is 0 Å². The molecule has 0 aromatic heterocycles. The number of nitrogens with one attached hydrogen (secondary N) is 1. The molecule has 1 saturated carbocycles. The Morgan fingerprint density at radius 1 is 1.20 bits per heavy atom. The largest absolute Gasteiger partial charge is 0.324 e. The fourth-order valence-corrected chi connectivity index (χ4v) is 5.03. The maximum absolute atomic E-state index is 12.8. The second kappa shape index (κ2) is 7.85. The molecule has 1 aromatic rings. The molecule has 1 aliphatic rings. The summed E-state index contributed by atoms with van der Waals surface area (Å²) in [7, 11) is -3.58. The van der Waals surface area contributed by atoms with E-state index in [1.807, 2.05) is 13.8 Å². The van der Waals surface area contributed by atoms with E-state index in [2.05, 4.69) is 5.32 Å². The monoisotopic (exact) mass is 367 g/mol. The number of carbonyl (C=O) groups excluding carboxylic acids is 1. The maximum Gasteiger partial charge on any atom is 0.244 e. The molecule has 1 aromatic carbocycles. The Kier molecular flexibility index (Phi) is 6.24. The SMILES string of the molecule is CCN(CC)S(=O)(=O)c1cc(NC(=O)C2(N)CCCCC2)ccc1C. The summed E-state index contributed by atoms with van der Waals surface area (Å²) >= 11 is 0. The van der Waals surface area contributed by atoms with Gasteiger partial charge in [-0.05, 0) is 37.5 Å². The Bertz CT molecular complexity index is 721. The van der Waals surface area contributed by atoms with Crippen molar-refractivity contribution in [1.29, 1.82) is 0 Å². The van der Waals surface area contributed by atoms with E-state index >= 15 is 0 Å². The Hall–Kier alpha value is -1.44. The lowest BCUT2D eigenvalue weighted by molar-refractivity contribution is -0.122. The van der Waals surface area contributed by atoms with Crippen molar-refractivity contribution in [2.24, 2.45) is 5.73 Å². The van der Waals surface area contributed by atoms with Gasteiger partial charge < -0.3 is 11.1 Å². The van der Waals surface area contributed by atoms with Crippen LogP contribution in [-0.4, -0.2) is 37.3 Å². The Morgan fingerprint density at radius 2 is 1.80 bits per heavy atom. The van der Waals surface area contributed by atoms with Gasteiger partial charge in [0.05, 0.1) is 10.4 Å². The van der Waals surface area contributed by atoms with E-state index in [1.54, 1.807) is 19.1 Å². The normalized spacial score (nSPS) is 17.5. The molecule has 0 saturated heterocycles. The highest BCUT2D eigenvalue weighted by molar-refractivity contribution is 7.89. The summed E-state index contributed by atoms with van der Waals surface area (Å²) in [5.41, 5.74) is 6.52. The molecule has 0 radical (unpaired) electrons. The highest BCUT2D eigenvalue weighted by atomic mass is 32.2. The minimum absolute atomic E-state index is 0.226. The topological polar surface area (TPSA) is 92.5 Å². The summed E-state index contributed by atoms with van der Waals surface area (Å²) < 4.78 is 27.0. The van der Waals surface area contributed by atoms with Gasteiger partial charge in [0.2, 0.25) is 15.9 Å². The van der Waals surface area contributed by atoms with Gasteiger partial charge in [-0.25, -0.2) is 8.42 Å². The van der Waals surface area contributed by atoms with Crippen LogP contribution in [0.2, 0.25) is 0 Å². The average Bonchev–Trinajstić information content (AvgIpc) is 2.58. The van der Waals surface area contributed by atoms with Crippen LogP contribution in [0.15, 0.2) is 23.1 Å². The molecule has 6 nitrogen and oxygen atoms in total. The predicted molar refractivity (Wildman–Crippen MR) is 99.9 cm³/mol. The summed E-state index contributed by atoms with van der Waals surface area (Å²) in [4.78, 5) is 12.8. The van der Waals surface area contributed by atoms with E-state index in [-0.39, 0.29) is 10.8 Å². The summed E-state index contributed by atoms with van der Waals surface area (Å²) in [5, 5.41) is 2.82. The third-order valence-corrected chi connectivity index (χ3v) is 7.16. The van der Waals surface area contributed by atoms with Gasteiger partial charge in [0, 0.05) is 18.8 Å². The number of carbonyl (C=O) groups is 1. The van der Waals surface area contributed by atoms with Crippen LogP contribution in [0.3, 0.4) is 0 Å². The van der Waals surface area contributed by atoms with Crippen molar-refractivity contribution in [2.45, 2.75) is 63.3 Å². The number of nitrogens with zero attached hydrogens (tertiary/aromatic N) is 1. The molecule has 1 fully saturated rings. The zero-order chi connectivity index (χ0) is 18.7. The van der Waals surface area contributed by atoms with Crippen LogP contribution in [0, 0.1) is 6.92 Å². The fraction of sp³-hybridized carbons (Fsp3) is 0.611. The number of sulfonamides is 1. The smallest absolute Gasteiger partial charge is 0.244 e. The number of hydrogen-bond donors (Lipinski definition) is 2. The van der Waals surface area contributed by atoms with Gasteiger partial charge in [0.25, 0.3) is 0 Å². The van der Waals surface area contributed by atoms with Crippen LogP contribution in [0.25, 0.3) is 0 Å². The zero-order valence-electron chi connectivity index (χ0n) is 15.3. The maximum atomic E-state index is 12.8. The lowest BCUT2D eigenvalue weighted by Crippen LogP contribution is -2.52. The van der Waals surface area contributed by atoms with Crippen molar-refractivity contribution in [1.82, 2.24) is 4.31 Å². The highest BCUT2D eigenvalue weighted by Crippen LogP contribution is 2.28. The quantitative estimate of drug-likeness (QED) is 0.808. The van der Waals surface area contributed by atoms with Crippen LogP contribution in [0.1, 0.15) is 51.5 Å². The van der Waals surface area contributed by atoms with Crippen molar-refractivity contribution in [3.05, 3.63) is 23.8 Å². The first kappa shape index (κ1) is 19.9. The van der Waals surface area contributed by atoms with E-state index in [0.29, 0.717) is 37.2 Å². The van der Waals surface area contributed by atoms with Gasteiger partial charge in [-0.1, -0.05) is 39.2 Å². The Balaban J connectivity index is 2.28. The first-order valence-corrected chi connectivity index (χ1v) is 10.4. The van der Waals surface area contributed by atoms with Gasteiger partial charge in [-0.2, -0.15) is 4.31 Å². The Labute approximate surface area is 150 Å². The van der Waals surface area contributed by atoms with Crippen molar-refractivity contribution in [2.75, 3.05) is 18.4 Å². The molecule has 0 heterocycles. The van der Waals surface area contributed by atoms with Crippen molar-refractivity contribution >= 4 is 21.6 Å². The molecule has 0 unspecified atom stereocenters. The standard InChI is InChI=1S/C18H29N3O3S/c1-4-21(5-2)25(23,24)16-13-15(10-9-14(16)3)20-17(22)18(19)11-7-6-8-12-18/h9-10,13H,4-8,11-12,19H2,1-3H3,(H,20,22). The molecular formula is C18H29N3O3S. The first-order valence-electron chi connectivity index (χ1n) is 8.95. The third kappa shape index (κ3) is 4.22. The first-order chi connectivity index (χ1) is 11.7. The molecule has 0 spiro atoms. The van der Waals surface area contributed by atoms with E-state index in [1.165, 1.54) is 10.4 Å². The molecule has 1 aliphatic carbocycles. The molecule has 0 aliphatic heterocycles. The number of amides is 1. The average molecular weight is 368 g/mol. The van der Waals surface area contributed by atoms with Crippen molar-refractivity contribution in [3.63, 3.8) is 0 Å². The van der Waals surface area contributed by atoms with Crippen molar-refractivity contribution in [3.8, 4) is 0 Å². The van der Waals surface area contributed by atoms with Crippen LogP contribution in [0.5, 0.6) is 0 Å². The van der Waals surface area contributed by atoms with Crippen molar-refractivity contribution < 1.29 is 13.2 Å². The predicted octanol–water partition coefficient (Wildman–Crippen LogP) is 2.63. The lowest BCUT2D eigenvalue weighted by Gasteiger charge is -2.31. The fourth-order valence-electron chi connectivity index (χ4n) is 3.32. The zero-order valence-corrected chi connectivity index (χ0v) is 16.2. The van der Waals surface area contributed by atoms with Gasteiger partial charge in [0.15, 0.2) is 0 Å². The molecule has 0 atom stereocenters. The number of rotatable bonds is 6. The number of aryl methyl sites for hydroxylation is 1. The van der Waals surface area contributed by atoms with E-state index in [4.69, 9.17) is 5.73 Å². The second-order valence-corrected chi connectivity index (χ2v) is 8.65. The molecule has 0 bridgehead atoms. The minimum atomic E-state index is -3.58. The summed E-state index contributed by atoms with van der Waals surface area (Å²) in [5.74, 6) is -0.234.